The molecule has 2 aliphatic heterocycles. The van der Waals surface area contributed by atoms with Crippen LogP contribution in [0.4, 0.5) is 13.2 Å². The molecule has 0 amide bonds. The van der Waals surface area contributed by atoms with Crippen molar-refractivity contribution in [2.75, 3.05) is 13.2 Å². The fourth-order valence-corrected chi connectivity index (χ4v) is 3.05. The third-order valence-electron chi connectivity index (χ3n) is 3.99. The summed E-state index contributed by atoms with van der Waals surface area (Å²) in [6.07, 6.45) is -3.26. The first-order chi connectivity index (χ1) is 8.95. The minimum absolute atomic E-state index is 0.127. The van der Waals surface area contributed by atoms with E-state index < -0.39 is 11.7 Å². The molecule has 5 heteroatoms. The van der Waals surface area contributed by atoms with Crippen LogP contribution in [-0.2, 0) is 6.18 Å². The SMILES string of the molecule is C[C@H]1CN[C@H]2c3ccc(C(F)(F)F)cc3OC[C@H]2C1. The molecule has 0 aliphatic carbocycles. The smallest absolute Gasteiger partial charge is 0.416 e. The van der Waals surface area contributed by atoms with Crippen LogP contribution in [0.3, 0.4) is 0 Å². The molecule has 1 fully saturated rings. The summed E-state index contributed by atoms with van der Waals surface area (Å²) in [6.45, 7) is 3.57. The van der Waals surface area contributed by atoms with Gasteiger partial charge in [0.1, 0.15) is 5.75 Å². The number of rotatable bonds is 0. The topological polar surface area (TPSA) is 21.3 Å². The minimum Gasteiger partial charge on any atom is -0.493 e. The predicted molar refractivity (Wildman–Crippen MR) is 65.0 cm³/mol. The number of ether oxygens (including phenoxy) is 1. The zero-order chi connectivity index (χ0) is 13.6. The fourth-order valence-electron chi connectivity index (χ4n) is 3.05. The van der Waals surface area contributed by atoms with E-state index in [0.29, 0.717) is 24.2 Å². The van der Waals surface area contributed by atoms with Gasteiger partial charge in [-0.1, -0.05) is 13.0 Å². The number of hydrogen-bond donors (Lipinski definition) is 1. The molecule has 1 aromatic carbocycles. The van der Waals surface area contributed by atoms with Crippen molar-refractivity contribution in [2.24, 2.45) is 11.8 Å². The summed E-state index contributed by atoms with van der Waals surface area (Å²) in [5.41, 5.74) is 0.213. The van der Waals surface area contributed by atoms with Gasteiger partial charge in [0.25, 0.3) is 0 Å². The van der Waals surface area contributed by atoms with E-state index in [-0.39, 0.29) is 6.04 Å². The van der Waals surface area contributed by atoms with Gasteiger partial charge in [-0.3, -0.25) is 0 Å². The van der Waals surface area contributed by atoms with Crippen LogP contribution in [0.25, 0.3) is 0 Å². The van der Waals surface area contributed by atoms with Crippen molar-refractivity contribution in [3.63, 3.8) is 0 Å². The zero-order valence-corrected chi connectivity index (χ0v) is 10.6. The highest BCUT2D eigenvalue weighted by Crippen LogP contribution is 2.42. The summed E-state index contributed by atoms with van der Waals surface area (Å²) in [5, 5.41) is 3.42. The van der Waals surface area contributed by atoms with Gasteiger partial charge in [0.05, 0.1) is 12.2 Å². The third kappa shape index (κ3) is 2.31. The van der Waals surface area contributed by atoms with Crippen molar-refractivity contribution in [1.29, 1.82) is 0 Å². The van der Waals surface area contributed by atoms with Crippen molar-refractivity contribution in [3.05, 3.63) is 29.3 Å². The monoisotopic (exact) mass is 271 g/mol. The number of nitrogens with one attached hydrogen (secondary N) is 1. The summed E-state index contributed by atoms with van der Waals surface area (Å²) < 4.78 is 43.6. The molecule has 1 saturated heterocycles. The highest BCUT2D eigenvalue weighted by atomic mass is 19.4. The Morgan fingerprint density at radius 3 is 2.84 bits per heavy atom. The first-order valence-corrected chi connectivity index (χ1v) is 6.52. The van der Waals surface area contributed by atoms with E-state index in [1.54, 1.807) is 6.07 Å². The van der Waals surface area contributed by atoms with Gasteiger partial charge >= 0.3 is 6.18 Å². The maximum atomic E-state index is 12.7. The molecule has 0 radical (unpaired) electrons. The van der Waals surface area contributed by atoms with Crippen LogP contribution >= 0.6 is 0 Å². The predicted octanol–water partition coefficient (Wildman–Crippen LogP) is 3.38. The van der Waals surface area contributed by atoms with Gasteiger partial charge in [0, 0.05) is 17.5 Å². The lowest BCUT2D eigenvalue weighted by Crippen LogP contribution is -2.43. The Labute approximate surface area is 109 Å². The van der Waals surface area contributed by atoms with Gasteiger partial charge in [-0.25, -0.2) is 0 Å². The largest absolute Gasteiger partial charge is 0.493 e. The fraction of sp³-hybridized carbons (Fsp3) is 0.571. The van der Waals surface area contributed by atoms with E-state index in [1.807, 2.05) is 0 Å². The number of benzene rings is 1. The average molecular weight is 271 g/mol. The molecule has 2 aliphatic rings. The summed E-state index contributed by atoms with van der Waals surface area (Å²) in [4.78, 5) is 0. The lowest BCUT2D eigenvalue weighted by atomic mass is 9.81. The highest BCUT2D eigenvalue weighted by molar-refractivity contribution is 5.42. The number of halogens is 3. The molecule has 104 valence electrons. The van der Waals surface area contributed by atoms with Crippen molar-refractivity contribution in [2.45, 2.75) is 25.6 Å². The second-order valence-electron chi connectivity index (χ2n) is 5.55. The summed E-state index contributed by atoms with van der Waals surface area (Å²) >= 11 is 0. The van der Waals surface area contributed by atoms with Crippen LogP contribution in [-0.4, -0.2) is 13.2 Å². The van der Waals surface area contributed by atoms with Crippen molar-refractivity contribution in [1.82, 2.24) is 5.32 Å². The van der Waals surface area contributed by atoms with Crippen LogP contribution in [0.1, 0.15) is 30.5 Å². The van der Waals surface area contributed by atoms with Gasteiger partial charge < -0.3 is 10.1 Å². The Kier molecular flexibility index (Phi) is 2.96. The Balaban J connectivity index is 1.93. The third-order valence-corrected chi connectivity index (χ3v) is 3.99. The molecule has 0 aromatic heterocycles. The van der Waals surface area contributed by atoms with Gasteiger partial charge in [0.2, 0.25) is 0 Å². The van der Waals surface area contributed by atoms with E-state index in [1.165, 1.54) is 0 Å². The van der Waals surface area contributed by atoms with Crippen LogP contribution in [0.5, 0.6) is 5.75 Å². The number of fused-ring (bicyclic) bond motifs is 3. The summed E-state index contributed by atoms with van der Waals surface area (Å²) in [7, 11) is 0. The molecule has 1 N–H and O–H groups in total. The molecular formula is C14H16F3NO. The van der Waals surface area contributed by atoms with Gasteiger partial charge in [-0.15, -0.1) is 0 Å². The van der Waals surface area contributed by atoms with Crippen molar-refractivity contribution < 1.29 is 17.9 Å². The number of piperidine rings is 1. The van der Waals surface area contributed by atoms with Crippen LogP contribution in [0, 0.1) is 11.8 Å². The molecule has 19 heavy (non-hydrogen) atoms. The number of hydrogen-bond acceptors (Lipinski definition) is 2. The maximum Gasteiger partial charge on any atom is 0.416 e. The second kappa shape index (κ2) is 4.40. The maximum absolute atomic E-state index is 12.7. The standard InChI is InChI=1S/C14H16F3NO/c1-8-4-9-7-19-12-5-10(14(15,16)17)2-3-11(12)13(9)18-6-8/h2-3,5,8-9,13,18H,4,6-7H2,1H3/t8-,9-,13-/m1/s1. The molecule has 0 saturated carbocycles. The van der Waals surface area contributed by atoms with E-state index in [4.69, 9.17) is 4.74 Å². The first-order valence-electron chi connectivity index (χ1n) is 6.52. The first kappa shape index (κ1) is 12.8. The molecule has 3 rings (SSSR count). The summed E-state index contributed by atoms with van der Waals surface area (Å²) in [5.74, 6) is 1.31. The molecule has 0 unspecified atom stereocenters. The van der Waals surface area contributed by atoms with Crippen LogP contribution < -0.4 is 10.1 Å². The average Bonchev–Trinajstić information content (AvgIpc) is 2.36. The number of alkyl halides is 3. The van der Waals surface area contributed by atoms with Gasteiger partial charge in [-0.2, -0.15) is 13.2 Å². The molecule has 3 atom stereocenters. The molecule has 0 spiro atoms. The minimum atomic E-state index is -4.32. The second-order valence-corrected chi connectivity index (χ2v) is 5.55. The molecule has 0 bridgehead atoms. The summed E-state index contributed by atoms with van der Waals surface area (Å²) in [6, 6.07) is 3.94. The lowest BCUT2D eigenvalue weighted by Gasteiger charge is -2.40. The molecule has 2 heterocycles. The van der Waals surface area contributed by atoms with E-state index >= 15 is 0 Å². The lowest BCUT2D eigenvalue weighted by molar-refractivity contribution is -0.137. The van der Waals surface area contributed by atoms with Crippen LogP contribution in [0.15, 0.2) is 18.2 Å². The van der Waals surface area contributed by atoms with Gasteiger partial charge in [-0.05, 0) is 31.0 Å². The molecule has 2 nitrogen and oxygen atoms in total. The quantitative estimate of drug-likeness (QED) is 0.781. The van der Waals surface area contributed by atoms with E-state index in [9.17, 15) is 13.2 Å². The van der Waals surface area contributed by atoms with Crippen LogP contribution in [0.2, 0.25) is 0 Å². The molecule has 1 aromatic rings. The Morgan fingerprint density at radius 2 is 2.11 bits per heavy atom. The molecular weight excluding hydrogens is 255 g/mol. The van der Waals surface area contributed by atoms with Gasteiger partial charge in [0.15, 0.2) is 0 Å². The normalized spacial score (nSPS) is 30.2. The zero-order valence-electron chi connectivity index (χ0n) is 10.6. The van der Waals surface area contributed by atoms with Crippen molar-refractivity contribution in [3.8, 4) is 5.75 Å². The Bertz CT molecular complexity index is 486. The Hall–Kier alpha value is -1.23. The van der Waals surface area contributed by atoms with E-state index in [0.717, 1.165) is 30.7 Å². The Morgan fingerprint density at radius 1 is 1.32 bits per heavy atom. The van der Waals surface area contributed by atoms with Crippen molar-refractivity contribution >= 4 is 0 Å². The highest BCUT2D eigenvalue weighted by Gasteiger charge is 2.37. The van der Waals surface area contributed by atoms with E-state index in [2.05, 4.69) is 12.2 Å².